The lowest BCUT2D eigenvalue weighted by molar-refractivity contribution is -0.0375. The summed E-state index contributed by atoms with van der Waals surface area (Å²) in [7, 11) is -3.07. The summed E-state index contributed by atoms with van der Waals surface area (Å²) in [5, 5.41) is 0. The normalized spacial score (nSPS) is 12.0. The summed E-state index contributed by atoms with van der Waals surface area (Å²) in [4.78, 5) is 0. The van der Waals surface area contributed by atoms with E-state index in [9.17, 15) is 0 Å². The van der Waals surface area contributed by atoms with E-state index >= 15 is 0 Å². The highest BCUT2D eigenvalue weighted by molar-refractivity contribution is 6.53. The number of unbranched alkanes of at least 4 members (excludes halogenated alkanes) is 16. The van der Waals surface area contributed by atoms with Crippen molar-refractivity contribution in [2.75, 3.05) is 26.4 Å². The van der Waals surface area contributed by atoms with Crippen LogP contribution in [0.3, 0.4) is 0 Å². The van der Waals surface area contributed by atoms with Gasteiger partial charge in [0, 0.05) is 26.4 Å². The van der Waals surface area contributed by atoms with Crippen LogP contribution in [0.4, 0.5) is 0 Å². The Morgan fingerprint density at radius 3 is 0.727 bits per heavy atom. The van der Waals surface area contributed by atoms with Crippen LogP contribution >= 0.6 is 0 Å². The third-order valence-corrected chi connectivity index (χ3v) is 8.34. The van der Waals surface area contributed by atoms with Crippen molar-refractivity contribution in [3.8, 4) is 0 Å². The molecule has 0 heterocycles. The van der Waals surface area contributed by atoms with Crippen LogP contribution < -0.4 is 0 Å². The summed E-state index contributed by atoms with van der Waals surface area (Å²) in [5.41, 5.74) is 0. The molecular formula is C28H60O4Si. The fourth-order valence-corrected chi connectivity index (χ4v) is 5.94. The van der Waals surface area contributed by atoms with E-state index in [1.165, 1.54) is 103 Å². The van der Waals surface area contributed by atoms with Crippen LogP contribution in [0.2, 0.25) is 0 Å². The predicted molar refractivity (Wildman–Crippen MR) is 145 cm³/mol. The van der Waals surface area contributed by atoms with Gasteiger partial charge in [-0.2, -0.15) is 0 Å². The van der Waals surface area contributed by atoms with E-state index in [0.717, 1.165) is 25.7 Å². The first-order valence-corrected chi connectivity index (χ1v) is 16.4. The van der Waals surface area contributed by atoms with Crippen molar-refractivity contribution in [1.82, 2.24) is 0 Å². The molecule has 5 heteroatoms. The molecule has 0 amide bonds. The molecule has 0 saturated carbocycles. The zero-order valence-electron chi connectivity index (χ0n) is 23.1. The van der Waals surface area contributed by atoms with Crippen LogP contribution in [0.1, 0.15) is 156 Å². The van der Waals surface area contributed by atoms with Gasteiger partial charge >= 0.3 is 9.05 Å². The van der Waals surface area contributed by atoms with Crippen molar-refractivity contribution in [2.24, 2.45) is 0 Å². The number of rotatable bonds is 28. The summed E-state index contributed by atoms with van der Waals surface area (Å²) in [6.07, 6.45) is 24.5. The molecule has 0 aliphatic rings. The Bertz CT molecular complexity index is 298. The zero-order chi connectivity index (χ0) is 24.3. The lowest BCUT2D eigenvalue weighted by Gasteiger charge is -2.28. The summed E-state index contributed by atoms with van der Waals surface area (Å²) < 4.78 is 25.5. The summed E-state index contributed by atoms with van der Waals surface area (Å²) >= 11 is 0. The first kappa shape index (κ1) is 33.1. The summed E-state index contributed by atoms with van der Waals surface area (Å²) in [5.74, 6) is 0. The maximum atomic E-state index is 6.37. The molecule has 0 aliphatic heterocycles. The molecule has 0 saturated heterocycles. The minimum absolute atomic E-state index is 0.692. The van der Waals surface area contributed by atoms with Crippen molar-refractivity contribution >= 4 is 9.05 Å². The Labute approximate surface area is 209 Å². The molecule has 33 heavy (non-hydrogen) atoms. The van der Waals surface area contributed by atoms with Gasteiger partial charge in [0.05, 0.1) is 0 Å². The van der Waals surface area contributed by atoms with Crippen LogP contribution in [0.25, 0.3) is 0 Å². The average molecular weight is 489 g/mol. The molecule has 0 bridgehead atoms. The van der Waals surface area contributed by atoms with Crippen LogP contribution in [0.15, 0.2) is 0 Å². The average Bonchev–Trinajstić information content (AvgIpc) is 2.83. The van der Waals surface area contributed by atoms with Gasteiger partial charge < -0.3 is 17.7 Å². The fourth-order valence-electron chi connectivity index (χ4n) is 3.86. The van der Waals surface area contributed by atoms with Gasteiger partial charge in [-0.3, -0.25) is 0 Å². The van der Waals surface area contributed by atoms with E-state index < -0.39 is 9.05 Å². The van der Waals surface area contributed by atoms with E-state index in [1.54, 1.807) is 0 Å². The van der Waals surface area contributed by atoms with E-state index in [2.05, 4.69) is 27.7 Å². The third-order valence-electron chi connectivity index (χ3n) is 6.11. The molecule has 0 N–H and O–H groups in total. The van der Waals surface area contributed by atoms with Gasteiger partial charge in [-0.25, -0.2) is 0 Å². The van der Waals surface area contributed by atoms with Gasteiger partial charge in [-0.15, -0.1) is 0 Å². The number of hydrogen-bond acceptors (Lipinski definition) is 4. The van der Waals surface area contributed by atoms with Crippen LogP contribution in [0.5, 0.6) is 0 Å². The highest BCUT2D eigenvalue weighted by Gasteiger charge is 2.45. The molecule has 0 rings (SSSR count). The molecule has 0 aromatic carbocycles. The first-order valence-electron chi connectivity index (χ1n) is 14.8. The summed E-state index contributed by atoms with van der Waals surface area (Å²) in [6, 6.07) is 0. The zero-order valence-corrected chi connectivity index (χ0v) is 24.1. The minimum Gasteiger partial charge on any atom is -0.351 e. The number of hydrogen-bond donors (Lipinski definition) is 0. The first-order chi connectivity index (χ1) is 16.2. The van der Waals surface area contributed by atoms with E-state index in [4.69, 9.17) is 17.7 Å². The Hall–Kier alpha value is 0.0569. The molecule has 0 radical (unpaired) electrons. The second kappa shape index (κ2) is 26.7. The van der Waals surface area contributed by atoms with Gasteiger partial charge in [0.1, 0.15) is 0 Å². The van der Waals surface area contributed by atoms with Crippen molar-refractivity contribution in [1.29, 1.82) is 0 Å². The lowest BCUT2D eigenvalue weighted by atomic mass is 10.2. The molecule has 0 aromatic heterocycles. The van der Waals surface area contributed by atoms with Crippen LogP contribution in [0, 0.1) is 0 Å². The molecule has 200 valence electrons. The molecule has 4 nitrogen and oxygen atoms in total. The summed E-state index contributed by atoms with van der Waals surface area (Å²) in [6.45, 7) is 11.8. The monoisotopic (exact) mass is 488 g/mol. The van der Waals surface area contributed by atoms with Crippen molar-refractivity contribution in [3.05, 3.63) is 0 Å². The topological polar surface area (TPSA) is 36.9 Å². The highest BCUT2D eigenvalue weighted by atomic mass is 28.4. The largest absolute Gasteiger partial charge is 0.679 e. The molecule has 0 atom stereocenters. The van der Waals surface area contributed by atoms with Gasteiger partial charge in [-0.05, 0) is 25.7 Å². The molecular weight excluding hydrogens is 428 g/mol. The highest BCUT2D eigenvalue weighted by Crippen LogP contribution is 2.18. The Morgan fingerprint density at radius 1 is 0.303 bits per heavy atom. The SMILES string of the molecule is CCCCCCCO[Si](OCCCCCCC)(OCCCCCCC)OCCCCCCC. The second-order valence-corrected chi connectivity index (χ2v) is 11.7. The Balaban J connectivity index is 4.74. The van der Waals surface area contributed by atoms with E-state index in [-0.39, 0.29) is 0 Å². The van der Waals surface area contributed by atoms with Crippen LogP contribution in [-0.4, -0.2) is 35.5 Å². The van der Waals surface area contributed by atoms with Crippen molar-refractivity contribution in [2.45, 2.75) is 156 Å². The third kappa shape index (κ3) is 22.3. The van der Waals surface area contributed by atoms with E-state index in [0.29, 0.717) is 26.4 Å². The van der Waals surface area contributed by atoms with Crippen LogP contribution in [-0.2, 0) is 17.7 Å². The van der Waals surface area contributed by atoms with E-state index in [1.807, 2.05) is 0 Å². The van der Waals surface area contributed by atoms with Gasteiger partial charge in [0.15, 0.2) is 0 Å². The van der Waals surface area contributed by atoms with Gasteiger partial charge in [-0.1, -0.05) is 130 Å². The van der Waals surface area contributed by atoms with Crippen molar-refractivity contribution < 1.29 is 17.7 Å². The van der Waals surface area contributed by atoms with Gasteiger partial charge in [0.25, 0.3) is 0 Å². The molecule has 0 aliphatic carbocycles. The Morgan fingerprint density at radius 2 is 0.515 bits per heavy atom. The predicted octanol–water partition coefficient (Wildman–Crippen LogP) is 9.37. The second-order valence-electron chi connectivity index (χ2n) is 9.55. The molecule has 0 unspecified atom stereocenters. The smallest absolute Gasteiger partial charge is 0.351 e. The van der Waals surface area contributed by atoms with Gasteiger partial charge in [0.2, 0.25) is 0 Å². The molecule has 0 fully saturated rings. The molecule has 0 aromatic rings. The molecule has 0 spiro atoms. The standard InChI is InChI=1S/C28H60O4Si/c1-5-9-13-17-21-25-29-33(30-26-22-18-14-10-6-2,31-27-23-19-15-11-7-3)32-28-24-20-16-12-8-4/h5-28H2,1-4H3. The Kier molecular flexibility index (Phi) is 26.7. The quantitative estimate of drug-likeness (QED) is 0.0811. The minimum atomic E-state index is -3.07. The maximum Gasteiger partial charge on any atom is 0.679 e. The van der Waals surface area contributed by atoms with Crippen molar-refractivity contribution in [3.63, 3.8) is 0 Å². The fraction of sp³-hybridized carbons (Fsp3) is 1.00. The maximum absolute atomic E-state index is 6.37. The lowest BCUT2D eigenvalue weighted by Crippen LogP contribution is -2.50.